The van der Waals surface area contributed by atoms with E-state index in [0.29, 0.717) is 6.42 Å². The first-order valence-electron chi connectivity index (χ1n) is 7.66. The van der Waals surface area contributed by atoms with Crippen molar-refractivity contribution in [1.29, 1.82) is 0 Å². The monoisotopic (exact) mass is 311 g/mol. The molecule has 1 amide bonds. The number of aryl methyl sites for hydroxylation is 2. The van der Waals surface area contributed by atoms with Gasteiger partial charge in [0.2, 0.25) is 5.91 Å². The van der Waals surface area contributed by atoms with E-state index in [1.165, 1.54) is 0 Å². The average molecular weight is 311 g/mol. The summed E-state index contributed by atoms with van der Waals surface area (Å²) in [4.78, 5) is 23.4. The smallest absolute Gasteiger partial charge is 0.326 e. The van der Waals surface area contributed by atoms with Crippen molar-refractivity contribution in [2.24, 2.45) is 0 Å². The third-order valence-corrected chi connectivity index (χ3v) is 3.68. The van der Waals surface area contributed by atoms with Crippen LogP contribution in [0.3, 0.4) is 0 Å². The number of carbonyl (C=O) groups is 2. The van der Waals surface area contributed by atoms with Gasteiger partial charge in [-0.2, -0.15) is 0 Å². The normalized spacial score (nSPS) is 11.7. The Morgan fingerprint density at radius 1 is 1.00 bits per heavy atom. The molecule has 1 atom stereocenters. The van der Waals surface area contributed by atoms with Gasteiger partial charge in [0.1, 0.15) is 6.04 Å². The molecule has 0 aliphatic heterocycles. The van der Waals surface area contributed by atoms with Crippen LogP contribution in [0.15, 0.2) is 54.6 Å². The summed E-state index contributed by atoms with van der Waals surface area (Å²) in [5.41, 5.74) is 3.08. The highest BCUT2D eigenvalue weighted by Gasteiger charge is 2.20. The third kappa shape index (κ3) is 5.58. The number of amides is 1. The van der Waals surface area contributed by atoms with Gasteiger partial charge in [0.05, 0.1) is 0 Å². The first kappa shape index (κ1) is 16.7. The molecule has 120 valence electrons. The van der Waals surface area contributed by atoms with Gasteiger partial charge < -0.3 is 10.4 Å². The van der Waals surface area contributed by atoms with Gasteiger partial charge in [-0.1, -0.05) is 60.2 Å². The number of aliphatic carboxylic acids is 1. The maximum atomic E-state index is 12.0. The van der Waals surface area contributed by atoms with E-state index < -0.39 is 12.0 Å². The zero-order valence-corrected chi connectivity index (χ0v) is 13.2. The van der Waals surface area contributed by atoms with Crippen LogP contribution >= 0.6 is 0 Å². The number of benzene rings is 2. The molecule has 0 fully saturated rings. The maximum absolute atomic E-state index is 12.0. The van der Waals surface area contributed by atoms with Crippen molar-refractivity contribution < 1.29 is 14.7 Å². The molecule has 0 saturated heterocycles. The lowest BCUT2D eigenvalue weighted by atomic mass is 10.0. The molecule has 0 aromatic heterocycles. The van der Waals surface area contributed by atoms with Gasteiger partial charge >= 0.3 is 5.97 Å². The summed E-state index contributed by atoms with van der Waals surface area (Å²) < 4.78 is 0. The zero-order valence-electron chi connectivity index (χ0n) is 13.2. The number of rotatable bonds is 7. The Kier molecular flexibility index (Phi) is 5.92. The van der Waals surface area contributed by atoms with Gasteiger partial charge in [-0.15, -0.1) is 0 Å². The van der Waals surface area contributed by atoms with E-state index in [2.05, 4.69) is 5.32 Å². The van der Waals surface area contributed by atoms with Crippen LogP contribution in [-0.4, -0.2) is 23.0 Å². The lowest BCUT2D eigenvalue weighted by Gasteiger charge is -2.15. The van der Waals surface area contributed by atoms with Gasteiger partial charge in [0.15, 0.2) is 0 Å². The van der Waals surface area contributed by atoms with Gasteiger partial charge in [0.25, 0.3) is 0 Å². The second-order valence-electron chi connectivity index (χ2n) is 5.63. The summed E-state index contributed by atoms with van der Waals surface area (Å²) in [7, 11) is 0. The Morgan fingerprint density at radius 3 is 2.26 bits per heavy atom. The Balaban J connectivity index is 1.89. The highest BCUT2D eigenvalue weighted by atomic mass is 16.4. The summed E-state index contributed by atoms with van der Waals surface area (Å²) in [5, 5.41) is 11.9. The summed E-state index contributed by atoms with van der Waals surface area (Å²) in [6, 6.07) is 16.4. The molecule has 4 heteroatoms. The van der Waals surface area contributed by atoms with Crippen LogP contribution in [0.2, 0.25) is 0 Å². The van der Waals surface area contributed by atoms with E-state index in [4.69, 9.17) is 0 Å². The van der Waals surface area contributed by atoms with Crippen LogP contribution in [0.5, 0.6) is 0 Å². The standard InChI is InChI=1S/C19H21NO3/c1-14-7-9-16(10-8-14)13-17(19(22)23)20-18(21)12-11-15-5-3-2-4-6-15/h2-10,17H,11-13H2,1H3,(H,20,21)(H,22,23)/t17-/m1/s1. The van der Waals surface area contributed by atoms with Crippen molar-refractivity contribution in [3.05, 3.63) is 71.3 Å². The quantitative estimate of drug-likeness (QED) is 0.826. The molecule has 2 N–H and O–H groups in total. The number of nitrogens with one attached hydrogen (secondary N) is 1. The fraction of sp³-hybridized carbons (Fsp3) is 0.263. The van der Waals surface area contributed by atoms with Crippen LogP contribution < -0.4 is 5.32 Å². The van der Waals surface area contributed by atoms with Crippen molar-refractivity contribution in [3.63, 3.8) is 0 Å². The van der Waals surface area contributed by atoms with Crippen molar-refractivity contribution in [3.8, 4) is 0 Å². The van der Waals surface area contributed by atoms with Crippen LogP contribution in [-0.2, 0) is 22.4 Å². The van der Waals surface area contributed by atoms with E-state index >= 15 is 0 Å². The summed E-state index contributed by atoms with van der Waals surface area (Å²) in [6.07, 6.45) is 1.16. The largest absolute Gasteiger partial charge is 0.480 e. The van der Waals surface area contributed by atoms with Crippen LogP contribution in [0.25, 0.3) is 0 Å². The van der Waals surface area contributed by atoms with Gasteiger partial charge in [-0.25, -0.2) is 4.79 Å². The molecular formula is C19H21NO3. The second-order valence-corrected chi connectivity index (χ2v) is 5.63. The Labute approximate surface area is 136 Å². The van der Waals surface area contributed by atoms with Crippen molar-refractivity contribution in [2.45, 2.75) is 32.2 Å². The minimum Gasteiger partial charge on any atom is -0.480 e. The fourth-order valence-corrected chi connectivity index (χ4v) is 2.33. The summed E-state index contributed by atoms with van der Waals surface area (Å²) in [5.74, 6) is -1.26. The molecule has 0 heterocycles. The molecule has 0 spiro atoms. The molecule has 0 aliphatic carbocycles. The first-order chi connectivity index (χ1) is 11.0. The highest BCUT2D eigenvalue weighted by molar-refractivity contribution is 5.83. The number of carbonyl (C=O) groups excluding carboxylic acids is 1. The van der Waals surface area contributed by atoms with E-state index in [1.54, 1.807) is 0 Å². The molecule has 2 aromatic carbocycles. The van der Waals surface area contributed by atoms with Crippen molar-refractivity contribution >= 4 is 11.9 Å². The minimum absolute atomic E-state index is 0.242. The number of hydrogen-bond acceptors (Lipinski definition) is 2. The van der Waals surface area contributed by atoms with Gasteiger partial charge in [0, 0.05) is 12.8 Å². The molecule has 0 saturated carbocycles. The molecule has 23 heavy (non-hydrogen) atoms. The van der Waals surface area contributed by atoms with Crippen molar-refractivity contribution in [2.75, 3.05) is 0 Å². The lowest BCUT2D eigenvalue weighted by Crippen LogP contribution is -2.42. The molecular weight excluding hydrogens is 290 g/mol. The van der Waals surface area contributed by atoms with Crippen LogP contribution in [0.4, 0.5) is 0 Å². The third-order valence-electron chi connectivity index (χ3n) is 3.68. The predicted octanol–water partition coefficient (Wildman–Crippen LogP) is 2.74. The van der Waals surface area contributed by atoms with Crippen molar-refractivity contribution in [1.82, 2.24) is 5.32 Å². The molecule has 0 radical (unpaired) electrons. The number of carboxylic acids is 1. The Hall–Kier alpha value is -2.62. The van der Waals surface area contributed by atoms with Gasteiger partial charge in [-0.3, -0.25) is 4.79 Å². The summed E-state index contributed by atoms with van der Waals surface area (Å²) >= 11 is 0. The topological polar surface area (TPSA) is 66.4 Å². The lowest BCUT2D eigenvalue weighted by molar-refractivity contribution is -0.141. The molecule has 0 bridgehead atoms. The number of carboxylic acid groups (broad SMARTS) is 1. The molecule has 0 unspecified atom stereocenters. The van der Waals surface area contributed by atoms with Gasteiger partial charge in [-0.05, 0) is 24.5 Å². The Morgan fingerprint density at radius 2 is 1.65 bits per heavy atom. The number of hydrogen-bond donors (Lipinski definition) is 2. The van der Waals surface area contributed by atoms with Crippen LogP contribution in [0.1, 0.15) is 23.1 Å². The van der Waals surface area contributed by atoms with E-state index in [1.807, 2.05) is 61.5 Å². The highest BCUT2D eigenvalue weighted by Crippen LogP contribution is 2.07. The molecule has 2 rings (SSSR count). The van der Waals surface area contributed by atoms with Crippen LogP contribution in [0, 0.1) is 6.92 Å². The van der Waals surface area contributed by atoms with E-state index in [9.17, 15) is 14.7 Å². The Bertz CT molecular complexity index is 650. The van der Waals surface area contributed by atoms with E-state index in [-0.39, 0.29) is 18.7 Å². The minimum atomic E-state index is -1.02. The first-order valence-corrected chi connectivity index (χ1v) is 7.66. The average Bonchev–Trinajstić information content (AvgIpc) is 2.55. The fourth-order valence-electron chi connectivity index (χ4n) is 2.33. The summed E-state index contributed by atoms with van der Waals surface area (Å²) in [6.45, 7) is 1.98. The van der Waals surface area contributed by atoms with E-state index in [0.717, 1.165) is 16.7 Å². The molecule has 0 aliphatic rings. The molecule has 2 aromatic rings. The zero-order chi connectivity index (χ0) is 16.7. The maximum Gasteiger partial charge on any atom is 0.326 e. The SMILES string of the molecule is Cc1ccc(C[C@@H](NC(=O)CCc2ccccc2)C(=O)O)cc1. The second kappa shape index (κ2) is 8.13. The molecule has 4 nitrogen and oxygen atoms in total. The predicted molar refractivity (Wildman–Crippen MR) is 89.2 cm³/mol.